The van der Waals surface area contributed by atoms with E-state index in [-0.39, 0.29) is 24.3 Å². The van der Waals surface area contributed by atoms with Crippen LogP contribution in [0, 0.1) is 0 Å². The Morgan fingerprint density at radius 2 is 1.27 bits per heavy atom. The Hall–Kier alpha value is -6.14. The Bertz CT molecular complexity index is 2160. The lowest BCUT2D eigenvalue weighted by Crippen LogP contribution is -2.71. The van der Waals surface area contributed by atoms with Gasteiger partial charge in [-0.1, -0.05) is 36.4 Å². The summed E-state index contributed by atoms with van der Waals surface area (Å²) in [6.45, 7) is 7.82. The molecule has 390 valence electrons. The van der Waals surface area contributed by atoms with Crippen LogP contribution in [0.4, 0.5) is 0 Å². The van der Waals surface area contributed by atoms with E-state index in [1.807, 2.05) is 0 Å². The number of methoxy groups -OCH3 is 1. The molecule has 0 saturated carbocycles. The summed E-state index contributed by atoms with van der Waals surface area (Å²) < 4.78 is 82.2. The predicted molar refractivity (Wildman–Crippen MR) is 238 cm³/mol. The summed E-state index contributed by atoms with van der Waals surface area (Å²) in [6.07, 6.45) is -17.8. The number of rotatable bonds is 23. The molecule has 0 bridgehead atoms. The Balaban J connectivity index is 2.06. The van der Waals surface area contributed by atoms with Crippen LogP contribution in [-0.4, -0.2) is 154 Å². The lowest BCUT2D eigenvalue weighted by molar-refractivity contribution is -0.364. The average molecular weight is 1020 g/mol. The van der Waals surface area contributed by atoms with Crippen molar-refractivity contribution in [2.24, 2.45) is 0 Å². The van der Waals surface area contributed by atoms with Crippen molar-refractivity contribution in [2.75, 3.05) is 33.5 Å². The molecule has 2 heterocycles. The van der Waals surface area contributed by atoms with Gasteiger partial charge >= 0.3 is 56.4 Å². The summed E-state index contributed by atoms with van der Waals surface area (Å²) in [5.74, 6) is -12.0. The lowest BCUT2D eigenvalue weighted by Gasteiger charge is -2.51. The number of benzene rings is 2. The number of esters is 8. The summed E-state index contributed by atoms with van der Waals surface area (Å²) in [7, 11) is -1.47. The quantitative estimate of drug-likeness (QED) is 0.0950. The molecule has 1 amide bonds. The van der Waals surface area contributed by atoms with Crippen molar-refractivity contribution in [3.63, 3.8) is 0 Å². The second-order valence-corrected chi connectivity index (χ2v) is 16.7. The molecule has 0 spiro atoms. The number of carbonyl (C=O) groups excluding carboxylic acids is 9. The molecule has 2 aromatic carbocycles. The van der Waals surface area contributed by atoms with Gasteiger partial charge in [-0.3, -0.25) is 33.3 Å². The zero-order valence-corrected chi connectivity index (χ0v) is 41.3. The van der Waals surface area contributed by atoms with Crippen LogP contribution in [0.1, 0.15) is 82.5 Å². The first kappa shape index (κ1) is 57.4. The molecule has 1 N–H and O–H groups in total. The largest absolute Gasteiger partial charge is 0.465 e. The number of ether oxygens (including phenoxy) is 11. The second kappa shape index (κ2) is 27.5. The van der Waals surface area contributed by atoms with Gasteiger partial charge in [0.05, 0.1) is 43.9 Å². The molecule has 71 heavy (non-hydrogen) atoms. The van der Waals surface area contributed by atoms with Crippen molar-refractivity contribution in [1.29, 1.82) is 0 Å². The highest BCUT2D eigenvalue weighted by molar-refractivity contribution is 7.41. The Labute approximate surface area is 409 Å². The predicted octanol–water partition coefficient (Wildman–Crippen LogP) is 2.95. The van der Waals surface area contributed by atoms with Gasteiger partial charge in [0.25, 0.3) is 5.79 Å². The van der Waals surface area contributed by atoms with Crippen LogP contribution in [0.5, 0.6) is 0 Å². The monoisotopic (exact) mass is 1020 g/mol. The van der Waals surface area contributed by atoms with Crippen LogP contribution in [0.3, 0.4) is 0 Å². The summed E-state index contributed by atoms with van der Waals surface area (Å²) in [5, 5.41) is 2.56. The smallest absolute Gasteiger partial charge is 0.366 e. The third-order valence-corrected chi connectivity index (χ3v) is 11.3. The molecule has 25 heteroatoms. The standard InChI is InChI=1S/C46H58NO23P/c1-10-60-71(61-11-2)70-44-41(67-43(55)32-20-16-13-17-21-32)40(38(65-30(8)53)35(66-44)24-59-42(54)31-18-14-12-15-19-31)69-46(45(56)57-9)22-33(62-27(5)50)36(47-25(3)48)39(68-46)37(64-29(7)52)34(63-28(6)51)23-58-26(4)49/h12-21,33-41,44H,10-11,22-24H2,1-9H3,(H,47,48)/t33-,34+,35+,36+,37+,38-,39+,40-,41+,44-,46-/m0/s1. The molecule has 24 nitrogen and oxygen atoms in total. The van der Waals surface area contributed by atoms with Crippen LogP contribution < -0.4 is 5.32 Å². The summed E-state index contributed by atoms with van der Waals surface area (Å²) >= 11 is 0. The second-order valence-electron chi connectivity index (χ2n) is 15.5. The van der Waals surface area contributed by atoms with E-state index in [1.54, 1.807) is 38.1 Å². The molecule has 0 aliphatic carbocycles. The van der Waals surface area contributed by atoms with Gasteiger partial charge in [0, 0.05) is 41.5 Å². The van der Waals surface area contributed by atoms with Crippen molar-refractivity contribution < 1.29 is 109 Å². The number of carbonyl (C=O) groups is 9. The topological polar surface area (TPSA) is 295 Å². The fourth-order valence-electron chi connectivity index (χ4n) is 7.41. The van der Waals surface area contributed by atoms with Gasteiger partial charge in [-0.05, 0) is 38.1 Å². The van der Waals surface area contributed by atoms with E-state index >= 15 is 0 Å². The molecule has 11 atom stereocenters. The molecule has 4 rings (SSSR count). The molecular weight excluding hydrogens is 965 g/mol. The minimum Gasteiger partial charge on any atom is -0.465 e. The molecule has 2 aromatic rings. The zero-order valence-electron chi connectivity index (χ0n) is 40.4. The first-order valence-corrected chi connectivity index (χ1v) is 23.2. The minimum atomic E-state index is -3.01. The number of nitrogens with one attached hydrogen (secondary N) is 1. The van der Waals surface area contributed by atoms with Gasteiger partial charge in [0.1, 0.15) is 37.6 Å². The number of hydrogen-bond acceptors (Lipinski definition) is 23. The number of hydrogen-bond donors (Lipinski definition) is 1. The third kappa shape index (κ3) is 16.7. The van der Waals surface area contributed by atoms with E-state index in [9.17, 15) is 43.2 Å². The fourth-order valence-corrected chi connectivity index (χ4v) is 8.36. The first-order chi connectivity index (χ1) is 33.7. The lowest BCUT2D eigenvalue weighted by atomic mass is 9.87. The highest BCUT2D eigenvalue weighted by Crippen LogP contribution is 2.46. The molecule has 2 fully saturated rings. The molecule has 0 aromatic heterocycles. The highest BCUT2D eigenvalue weighted by Gasteiger charge is 2.63. The maximum absolute atomic E-state index is 14.7. The van der Waals surface area contributed by atoms with Crippen LogP contribution in [0.25, 0.3) is 0 Å². The van der Waals surface area contributed by atoms with Crippen molar-refractivity contribution in [1.82, 2.24) is 5.32 Å². The SMILES string of the molecule is CCOP(OCC)O[C@@H]1O[C@H](COC(=O)c2ccccc2)[C@H](OC(C)=O)[C@H](O[C@]2(C(=O)OC)C[C@H](OC(C)=O)[C@@H](NC(C)=O)[C@H]([C@H](OC(C)=O)[C@@H](COC(C)=O)OC(C)=O)O2)[C@H]1OC(=O)c1ccccc1. The van der Waals surface area contributed by atoms with Crippen molar-refractivity contribution in [3.8, 4) is 0 Å². The molecule has 2 aliphatic heterocycles. The first-order valence-electron chi connectivity index (χ1n) is 22.1. The number of amides is 1. The normalized spacial score (nSPS) is 24.7. The Kier molecular flexibility index (Phi) is 22.2. The van der Waals surface area contributed by atoms with Gasteiger partial charge in [-0.15, -0.1) is 0 Å². The van der Waals surface area contributed by atoms with Crippen LogP contribution in [0.2, 0.25) is 0 Å². The maximum Gasteiger partial charge on any atom is 0.366 e. The summed E-state index contributed by atoms with van der Waals surface area (Å²) in [4.78, 5) is 119. The van der Waals surface area contributed by atoms with Gasteiger partial charge < -0.3 is 66.5 Å². The van der Waals surface area contributed by atoms with Crippen molar-refractivity contribution in [3.05, 3.63) is 71.8 Å². The summed E-state index contributed by atoms with van der Waals surface area (Å²) in [5.41, 5.74) is 0.0847. The van der Waals surface area contributed by atoms with E-state index < -0.39 is 149 Å². The molecule has 0 unspecified atom stereocenters. The molecule has 2 aliphatic rings. The minimum absolute atomic E-state index is 0.0249. The van der Waals surface area contributed by atoms with Crippen LogP contribution >= 0.6 is 8.60 Å². The van der Waals surface area contributed by atoms with Crippen molar-refractivity contribution >= 4 is 62.3 Å². The van der Waals surface area contributed by atoms with Crippen molar-refractivity contribution in [2.45, 2.75) is 129 Å². The molecular formula is C46H58NO23P. The molecule has 2 saturated heterocycles. The van der Waals surface area contributed by atoms with Crippen LogP contribution in [0.15, 0.2) is 60.7 Å². The zero-order chi connectivity index (χ0) is 52.4. The Morgan fingerprint density at radius 1 is 0.690 bits per heavy atom. The average Bonchev–Trinajstić information content (AvgIpc) is 3.31. The van der Waals surface area contributed by atoms with E-state index in [1.165, 1.54) is 36.4 Å². The fraction of sp³-hybridized carbons (Fsp3) is 0.543. The summed E-state index contributed by atoms with van der Waals surface area (Å²) in [6, 6.07) is 13.6. The van der Waals surface area contributed by atoms with E-state index in [2.05, 4.69) is 5.32 Å². The van der Waals surface area contributed by atoms with E-state index in [4.69, 9.17) is 65.7 Å². The van der Waals surface area contributed by atoms with Gasteiger partial charge in [-0.25, -0.2) is 14.4 Å². The van der Waals surface area contributed by atoms with E-state index in [0.29, 0.717) is 0 Å². The third-order valence-electron chi connectivity index (χ3n) is 10.0. The highest BCUT2D eigenvalue weighted by atomic mass is 31.2. The van der Waals surface area contributed by atoms with Crippen LogP contribution in [-0.2, 0) is 99.2 Å². The van der Waals surface area contributed by atoms with Gasteiger partial charge in [0.2, 0.25) is 12.2 Å². The van der Waals surface area contributed by atoms with Gasteiger partial charge in [-0.2, -0.15) is 0 Å². The maximum atomic E-state index is 14.7. The van der Waals surface area contributed by atoms with E-state index in [0.717, 1.165) is 48.7 Å². The van der Waals surface area contributed by atoms with Gasteiger partial charge in [0.15, 0.2) is 24.4 Å². The molecule has 0 radical (unpaired) electrons. The Morgan fingerprint density at radius 3 is 1.77 bits per heavy atom.